The van der Waals surface area contributed by atoms with Crippen molar-refractivity contribution in [3.63, 3.8) is 0 Å². The van der Waals surface area contributed by atoms with E-state index in [0.717, 1.165) is 42.2 Å². The Bertz CT molecular complexity index is 1440. The van der Waals surface area contributed by atoms with Crippen molar-refractivity contribution in [1.82, 2.24) is 19.7 Å². The van der Waals surface area contributed by atoms with Crippen molar-refractivity contribution < 1.29 is 13.5 Å². The van der Waals surface area contributed by atoms with Crippen LogP contribution < -0.4 is 14.5 Å². The first-order chi connectivity index (χ1) is 17.6. The lowest BCUT2D eigenvalue weighted by Gasteiger charge is -2.61. The molecule has 37 heavy (non-hydrogen) atoms. The lowest BCUT2D eigenvalue weighted by atomic mass is 9.72. The van der Waals surface area contributed by atoms with Gasteiger partial charge in [0.15, 0.2) is 17.4 Å². The van der Waals surface area contributed by atoms with Crippen LogP contribution in [0.5, 0.6) is 5.75 Å². The fourth-order valence-electron chi connectivity index (χ4n) is 5.61. The molecule has 1 aromatic heterocycles. The first-order valence-corrected chi connectivity index (χ1v) is 12.4. The summed E-state index contributed by atoms with van der Waals surface area (Å²) in [6, 6.07) is 10.4. The van der Waals surface area contributed by atoms with Crippen LogP contribution in [0.15, 0.2) is 30.3 Å². The van der Waals surface area contributed by atoms with E-state index in [0.29, 0.717) is 36.9 Å². The zero-order chi connectivity index (χ0) is 26.1. The molecule has 0 atom stereocenters. The second-order valence-electron chi connectivity index (χ2n) is 10.7. The van der Waals surface area contributed by atoms with Crippen LogP contribution in [-0.4, -0.2) is 58.5 Å². The third-order valence-electron chi connectivity index (χ3n) is 7.70. The first-order valence-electron chi connectivity index (χ1n) is 12.1. The largest absolute Gasteiger partial charge is 0.494 e. The van der Waals surface area contributed by atoms with Gasteiger partial charge in [-0.15, -0.1) is 10.2 Å². The molecular weight excluding hydrogens is 500 g/mol. The van der Waals surface area contributed by atoms with E-state index in [9.17, 15) is 14.0 Å². The number of nitrogens with zero attached hydrogens (tertiary/aromatic N) is 7. The monoisotopic (exact) mass is 525 g/mol. The average molecular weight is 526 g/mol. The number of hydrogen-bond acceptors (Lipinski definition) is 7. The van der Waals surface area contributed by atoms with E-state index in [1.807, 2.05) is 36.9 Å². The van der Waals surface area contributed by atoms with Crippen molar-refractivity contribution in [2.24, 2.45) is 5.41 Å². The van der Waals surface area contributed by atoms with Gasteiger partial charge < -0.3 is 14.5 Å². The maximum Gasteiger partial charge on any atom is 0.231 e. The summed E-state index contributed by atoms with van der Waals surface area (Å²) < 4.78 is 35.4. The molecule has 8 nitrogen and oxygen atoms in total. The molecule has 0 unspecified atom stereocenters. The third-order valence-corrected chi connectivity index (χ3v) is 7.94. The number of hydrogen-bond donors (Lipinski definition) is 0. The SMILES string of the molecule is COc1cc(N2CC3(C2)CN(c2nnc4n2-c2ccc(Cl)cc2CN(C(C)(C)C#N)C4)C3)c(F)cc1F. The summed E-state index contributed by atoms with van der Waals surface area (Å²) in [6.07, 6.45) is 0. The molecule has 0 amide bonds. The molecule has 3 aliphatic heterocycles. The Morgan fingerprint density at radius 3 is 2.43 bits per heavy atom. The lowest BCUT2D eigenvalue weighted by molar-refractivity contribution is 0.147. The number of methoxy groups -OCH3 is 1. The highest BCUT2D eigenvalue weighted by atomic mass is 35.5. The minimum Gasteiger partial charge on any atom is -0.494 e. The minimum atomic E-state index is -0.709. The van der Waals surface area contributed by atoms with Gasteiger partial charge in [-0.2, -0.15) is 5.26 Å². The smallest absolute Gasteiger partial charge is 0.231 e. The van der Waals surface area contributed by atoms with Crippen LogP contribution in [0.25, 0.3) is 5.69 Å². The second-order valence-corrected chi connectivity index (χ2v) is 11.1. The molecule has 4 heterocycles. The Morgan fingerprint density at radius 2 is 1.73 bits per heavy atom. The molecule has 0 N–H and O–H groups in total. The van der Waals surface area contributed by atoms with E-state index in [2.05, 4.69) is 30.6 Å². The highest BCUT2D eigenvalue weighted by molar-refractivity contribution is 6.30. The van der Waals surface area contributed by atoms with Crippen molar-refractivity contribution in [2.45, 2.75) is 32.5 Å². The molecular formula is C26H26ClF2N7O. The molecule has 0 aliphatic carbocycles. The third kappa shape index (κ3) is 3.80. The molecule has 2 saturated heterocycles. The maximum atomic E-state index is 14.4. The van der Waals surface area contributed by atoms with Gasteiger partial charge in [0.25, 0.3) is 0 Å². The van der Waals surface area contributed by atoms with E-state index in [1.165, 1.54) is 13.2 Å². The molecule has 6 rings (SSSR count). The van der Waals surface area contributed by atoms with Gasteiger partial charge in [-0.3, -0.25) is 9.47 Å². The summed E-state index contributed by atoms with van der Waals surface area (Å²) in [6.45, 7) is 7.63. The van der Waals surface area contributed by atoms with Gasteiger partial charge in [-0.1, -0.05) is 11.6 Å². The van der Waals surface area contributed by atoms with E-state index in [4.69, 9.17) is 16.3 Å². The molecule has 3 aliphatic rings. The summed E-state index contributed by atoms with van der Waals surface area (Å²) in [7, 11) is 1.37. The Labute approximate surface area is 218 Å². The van der Waals surface area contributed by atoms with Crippen molar-refractivity contribution in [2.75, 3.05) is 43.1 Å². The molecule has 1 spiro atoms. The topological polar surface area (TPSA) is 73.5 Å². The fraction of sp³-hybridized carbons (Fsp3) is 0.423. The number of fused-ring (bicyclic) bond motifs is 3. The number of ether oxygens (including phenoxy) is 1. The summed E-state index contributed by atoms with van der Waals surface area (Å²) in [5.41, 5.74) is 1.61. The number of halogens is 3. The lowest BCUT2D eigenvalue weighted by Crippen LogP contribution is -2.73. The second kappa shape index (κ2) is 8.30. The molecule has 3 aromatic rings. The van der Waals surface area contributed by atoms with Gasteiger partial charge in [0.1, 0.15) is 11.4 Å². The molecule has 0 saturated carbocycles. The molecule has 0 radical (unpaired) electrons. The maximum absolute atomic E-state index is 14.4. The number of benzene rings is 2. The number of aromatic nitrogens is 3. The van der Waals surface area contributed by atoms with E-state index < -0.39 is 17.2 Å². The van der Waals surface area contributed by atoms with Gasteiger partial charge in [0.2, 0.25) is 5.95 Å². The first kappa shape index (κ1) is 23.9. The summed E-state index contributed by atoms with van der Waals surface area (Å²) in [4.78, 5) is 6.17. The Morgan fingerprint density at radius 1 is 1.00 bits per heavy atom. The number of rotatable bonds is 4. The van der Waals surface area contributed by atoms with Crippen molar-refractivity contribution >= 4 is 23.2 Å². The molecule has 2 aromatic carbocycles. The van der Waals surface area contributed by atoms with Crippen LogP contribution in [0, 0.1) is 28.4 Å². The average Bonchev–Trinajstić information content (AvgIpc) is 3.13. The molecule has 0 bridgehead atoms. The van der Waals surface area contributed by atoms with Gasteiger partial charge in [0, 0.05) is 55.3 Å². The van der Waals surface area contributed by atoms with Crippen molar-refractivity contribution in [3.05, 3.63) is 58.4 Å². The van der Waals surface area contributed by atoms with Crippen LogP contribution in [0.1, 0.15) is 25.2 Å². The molecule has 11 heteroatoms. The predicted molar refractivity (Wildman–Crippen MR) is 135 cm³/mol. The fourth-order valence-corrected chi connectivity index (χ4v) is 5.81. The normalized spacial score (nSPS) is 18.4. The number of anilines is 2. The van der Waals surface area contributed by atoms with Gasteiger partial charge in [-0.25, -0.2) is 8.78 Å². The Balaban J connectivity index is 1.25. The standard InChI is InChI=1S/C26H26ClF2N7O/c1-25(2,11-30)35-9-16-6-17(27)4-5-20(16)36-23(10-35)31-32-24(36)34-14-26(15-34)12-33(13-26)21-8-22(37-3)19(29)7-18(21)28/h4-8H,9-10,12-15H2,1-3H3. The molecule has 192 valence electrons. The van der Waals surface area contributed by atoms with E-state index in [1.54, 1.807) is 0 Å². The Kier molecular flexibility index (Phi) is 5.37. The summed E-state index contributed by atoms with van der Waals surface area (Å²) in [5, 5.41) is 19.4. The van der Waals surface area contributed by atoms with Crippen LogP contribution in [-0.2, 0) is 13.1 Å². The van der Waals surface area contributed by atoms with Crippen molar-refractivity contribution in [1.29, 1.82) is 5.26 Å². The highest BCUT2D eigenvalue weighted by Crippen LogP contribution is 2.45. The quantitative estimate of drug-likeness (QED) is 0.506. The predicted octanol–water partition coefficient (Wildman–Crippen LogP) is 4.15. The minimum absolute atomic E-state index is 0.00282. The summed E-state index contributed by atoms with van der Waals surface area (Å²) >= 11 is 6.34. The van der Waals surface area contributed by atoms with E-state index >= 15 is 0 Å². The van der Waals surface area contributed by atoms with Crippen molar-refractivity contribution in [3.8, 4) is 17.5 Å². The zero-order valence-corrected chi connectivity index (χ0v) is 21.6. The van der Waals surface area contributed by atoms with Crippen LogP contribution in [0.3, 0.4) is 0 Å². The Hall–Kier alpha value is -3.42. The van der Waals surface area contributed by atoms with E-state index in [-0.39, 0.29) is 11.2 Å². The van der Waals surface area contributed by atoms with Gasteiger partial charge in [0.05, 0.1) is 31.1 Å². The van der Waals surface area contributed by atoms with Gasteiger partial charge in [-0.05, 0) is 37.6 Å². The number of nitriles is 1. The van der Waals surface area contributed by atoms with Gasteiger partial charge >= 0.3 is 0 Å². The highest BCUT2D eigenvalue weighted by Gasteiger charge is 2.53. The zero-order valence-electron chi connectivity index (χ0n) is 20.8. The molecule has 2 fully saturated rings. The van der Waals surface area contributed by atoms with Crippen LogP contribution in [0.2, 0.25) is 5.02 Å². The van der Waals surface area contributed by atoms with Crippen LogP contribution >= 0.6 is 11.6 Å². The van der Waals surface area contributed by atoms with Crippen LogP contribution in [0.4, 0.5) is 20.4 Å². The summed E-state index contributed by atoms with van der Waals surface area (Å²) in [5.74, 6) is 0.239.